The van der Waals surface area contributed by atoms with E-state index in [2.05, 4.69) is 10.6 Å². The predicted molar refractivity (Wildman–Crippen MR) is 137 cm³/mol. The number of hydrogen-bond donors (Lipinski definition) is 2. The molecule has 7 nitrogen and oxygen atoms in total. The monoisotopic (exact) mass is 484 g/mol. The van der Waals surface area contributed by atoms with Crippen LogP contribution in [0, 0.1) is 19.7 Å². The zero-order valence-electron chi connectivity index (χ0n) is 20.1. The number of halogens is 1. The summed E-state index contributed by atoms with van der Waals surface area (Å²) < 4.78 is 16.5. The quantitative estimate of drug-likeness (QED) is 0.399. The Morgan fingerprint density at radius 1 is 0.889 bits per heavy atom. The Labute approximate surface area is 207 Å². The average Bonchev–Trinajstić information content (AvgIpc) is 3.08. The summed E-state index contributed by atoms with van der Waals surface area (Å²) in [5, 5.41) is 5.29. The van der Waals surface area contributed by atoms with Crippen LogP contribution in [-0.4, -0.2) is 21.2 Å². The van der Waals surface area contributed by atoms with Crippen LogP contribution in [0.1, 0.15) is 27.2 Å². The summed E-state index contributed by atoms with van der Waals surface area (Å²) >= 11 is 0. The van der Waals surface area contributed by atoms with E-state index in [0.29, 0.717) is 22.5 Å². The number of aryl methyl sites for hydroxylation is 1. The lowest BCUT2D eigenvalue weighted by Gasteiger charge is -2.11. The molecule has 0 fully saturated rings. The Hall–Kier alpha value is -4.72. The minimum Gasteiger partial charge on any atom is -0.317 e. The molecule has 0 saturated carbocycles. The summed E-state index contributed by atoms with van der Waals surface area (Å²) in [6.07, 6.45) is 1.43. The van der Waals surface area contributed by atoms with E-state index in [9.17, 15) is 18.8 Å². The maximum atomic E-state index is 13.4. The summed E-state index contributed by atoms with van der Waals surface area (Å²) in [7, 11) is 1.72. The van der Waals surface area contributed by atoms with Crippen LogP contribution >= 0.6 is 0 Å². The number of hydrogen-bond acceptors (Lipinski definition) is 3. The molecule has 0 aliphatic heterocycles. The van der Waals surface area contributed by atoms with Gasteiger partial charge in [0, 0.05) is 12.6 Å². The molecule has 0 aliphatic rings. The van der Waals surface area contributed by atoms with Crippen molar-refractivity contribution in [1.29, 1.82) is 0 Å². The lowest BCUT2D eigenvalue weighted by atomic mass is 10.1. The first kappa shape index (κ1) is 24.4. The molecule has 36 heavy (non-hydrogen) atoms. The van der Waals surface area contributed by atoms with Crippen LogP contribution in [0.4, 0.5) is 10.1 Å². The fraction of sp³-hybridized carbons (Fsp3) is 0.107. The van der Waals surface area contributed by atoms with Crippen LogP contribution in [0.2, 0.25) is 0 Å². The van der Waals surface area contributed by atoms with E-state index in [0.717, 1.165) is 5.56 Å². The maximum absolute atomic E-state index is 13.4. The SMILES string of the molecule is Cc1ccc(C(=O)N/C(=C\c2ccc(F)cc2)C(=O)Nc2c(C)n(C)n(-c3ccccc3)c2=O)cc1. The first-order chi connectivity index (χ1) is 17.2. The molecule has 0 unspecified atom stereocenters. The third kappa shape index (κ3) is 5.17. The van der Waals surface area contributed by atoms with E-state index < -0.39 is 23.2 Å². The summed E-state index contributed by atoms with van der Waals surface area (Å²) in [6.45, 7) is 3.62. The van der Waals surface area contributed by atoms with Gasteiger partial charge in [-0.25, -0.2) is 9.07 Å². The minimum atomic E-state index is -0.689. The van der Waals surface area contributed by atoms with Crippen molar-refractivity contribution in [2.45, 2.75) is 13.8 Å². The van der Waals surface area contributed by atoms with E-state index in [1.54, 1.807) is 55.1 Å². The second kappa shape index (κ2) is 10.3. The highest BCUT2D eigenvalue weighted by Crippen LogP contribution is 2.16. The van der Waals surface area contributed by atoms with Crippen LogP contribution in [-0.2, 0) is 11.8 Å². The number of para-hydroxylation sites is 1. The number of nitrogens with zero attached hydrogens (tertiary/aromatic N) is 2. The summed E-state index contributed by atoms with van der Waals surface area (Å²) in [5.41, 5.74) is 2.59. The van der Waals surface area contributed by atoms with Crippen LogP contribution in [0.3, 0.4) is 0 Å². The van der Waals surface area contributed by atoms with Gasteiger partial charge in [-0.3, -0.25) is 19.1 Å². The highest BCUT2D eigenvalue weighted by Gasteiger charge is 2.21. The molecule has 4 rings (SSSR count). The third-order valence-corrected chi connectivity index (χ3v) is 5.78. The standard InChI is InChI=1S/C28H25FN4O3/c1-18-9-13-21(14-10-18)26(34)30-24(17-20-11-15-22(29)16-12-20)27(35)31-25-19(2)32(3)33(28(25)36)23-7-5-4-6-8-23/h4-17H,1-3H3,(H,30,34)(H,31,35)/b24-17-. The summed E-state index contributed by atoms with van der Waals surface area (Å²) in [6, 6.07) is 21.4. The Morgan fingerprint density at radius 2 is 1.53 bits per heavy atom. The molecule has 0 atom stereocenters. The van der Waals surface area contributed by atoms with E-state index >= 15 is 0 Å². The number of anilines is 1. The van der Waals surface area contributed by atoms with Crippen LogP contribution in [0.15, 0.2) is 89.4 Å². The van der Waals surface area contributed by atoms with Gasteiger partial charge in [0.15, 0.2) is 0 Å². The molecule has 0 saturated heterocycles. The van der Waals surface area contributed by atoms with Gasteiger partial charge in [0.1, 0.15) is 17.2 Å². The molecule has 3 aromatic carbocycles. The van der Waals surface area contributed by atoms with Crippen LogP contribution < -0.4 is 16.2 Å². The normalized spacial score (nSPS) is 11.3. The number of amides is 2. The Morgan fingerprint density at radius 3 is 2.17 bits per heavy atom. The fourth-order valence-electron chi connectivity index (χ4n) is 3.68. The minimum absolute atomic E-state index is 0.0842. The second-order valence-corrected chi connectivity index (χ2v) is 8.32. The van der Waals surface area contributed by atoms with E-state index in [-0.39, 0.29) is 11.4 Å². The van der Waals surface area contributed by atoms with Crippen molar-refractivity contribution in [3.05, 3.63) is 123 Å². The molecule has 8 heteroatoms. The van der Waals surface area contributed by atoms with Crippen LogP contribution in [0.5, 0.6) is 0 Å². The topological polar surface area (TPSA) is 85.1 Å². The molecule has 2 amide bonds. The number of carbonyl (C=O) groups is 2. The lowest BCUT2D eigenvalue weighted by molar-refractivity contribution is -0.113. The number of benzene rings is 3. The number of aromatic nitrogens is 2. The van der Waals surface area contributed by atoms with Gasteiger partial charge in [0.2, 0.25) is 0 Å². The zero-order chi connectivity index (χ0) is 25.8. The van der Waals surface area contributed by atoms with Gasteiger partial charge in [-0.1, -0.05) is 48.0 Å². The fourth-order valence-corrected chi connectivity index (χ4v) is 3.68. The molecule has 1 aromatic heterocycles. The first-order valence-electron chi connectivity index (χ1n) is 11.3. The van der Waals surface area contributed by atoms with Crippen molar-refractivity contribution in [2.24, 2.45) is 7.05 Å². The predicted octanol–water partition coefficient (Wildman–Crippen LogP) is 4.34. The summed E-state index contributed by atoms with van der Waals surface area (Å²) in [5.74, 6) is -1.61. The Kier molecular flexibility index (Phi) is 6.96. The molecular formula is C28H25FN4O3. The molecular weight excluding hydrogens is 459 g/mol. The summed E-state index contributed by atoms with van der Waals surface area (Å²) in [4.78, 5) is 39.4. The highest BCUT2D eigenvalue weighted by molar-refractivity contribution is 6.10. The van der Waals surface area contributed by atoms with Crippen molar-refractivity contribution in [3.8, 4) is 5.69 Å². The van der Waals surface area contributed by atoms with Crippen molar-refractivity contribution >= 4 is 23.6 Å². The second-order valence-electron chi connectivity index (χ2n) is 8.32. The van der Waals surface area contributed by atoms with Gasteiger partial charge in [-0.2, -0.15) is 0 Å². The molecule has 2 N–H and O–H groups in total. The van der Waals surface area contributed by atoms with Crippen molar-refractivity contribution in [2.75, 3.05) is 5.32 Å². The lowest BCUT2D eigenvalue weighted by Crippen LogP contribution is -2.32. The molecule has 0 radical (unpaired) electrons. The largest absolute Gasteiger partial charge is 0.317 e. The molecule has 4 aromatic rings. The van der Waals surface area contributed by atoms with Gasteiger partial charge in [0.05, 0.1) is 11.4 Å². The van der Waals surface area contributed by atoms with E-state index in [1.807, 2.05) is 25.1 Å². The number of carbonyl (C=O) groups excluding carboxylic acids is 2. The molecule has 1 heterocycles. The molecule has 0 spiro atoms. The van der Waals surface area contributed by atoms with E-state index in [1.165, 1.54) is 35.0 Å². The maximum Gasteiger partial charge on any atom is 0.295 e. The Balaban J connectivity index is 1.69. The van der Waals surface area contributed by atoms with Crippen LogP contribution in [0.25, 0.3) is 11.8 Å². The molecule has 0 bridgehead atoms. The van der Waals surface area contributed by atoms with Gasteiger partial charge < -0.3 is 10.6 Å². The van der Waals surface area contributed by atoms with E-state index in [4.69, 9.17) is 0 Å². The van der Waals surface area contributed by atoms with Crippen molar-refractivity contribution in [1.82, 2.24) is 14.7 Å². The Bertz CT molecular complexity index is 1500. The van der Waals surface area contributed by atoms with Crippen molar-refractivity contribution < 1.29 is 14.0 Å². The average molecular weight is 485 g/mol. The van der Waals surface area contributed by atoms with Gasteiger partial charge in [-0.05, 0) is 61.9 Å². The zero-order valence-corrected chi connectivity index (χ0v) is 20.1. The molecule has 182 valence electrons. The number of rotatable bonds is 6. The smallest absolute Gasteiger partial charge is 0.295 e. The first-order valence-corrected chi connectivity index (χ1v) is 11.3. The highest BCUT2D eigenvalue weighted by atomic mass is 19.1. The van der Waals surface area contributed by atoms with Gasteiger partial charge in [-0.15, -0.1) is 0 Å². The number of nitrogens with one attached hydrogen (secondary N) is 2. The molecule has 0 aliphatic carbocycles. The van der Waals surface area contributed by atoms with Gasteiger partial charge >= 0.3 is 0 Å². The van der Waals surface area contributed by atoms with Gasteiger partial charge in [0.25, 0.3) is 17.4 Å². The third-order valence-electron chi connectivity index (χ3n) is 5.78. The van der Waals surface area contributed by atoms with Crippen molar-refractivity contribution in [3.63, 3.8) is 0 Å².